The molecule has 0 aliphatic carbocycles. The third-order valence-electron chi connectivity index (χ3n) is 2.74. The van der Waals surface area contributed by atoms with Crippen molar-refractivity contribution in [1.82, 2.24) is 4.98 Å². The monoisotopic (exact) mass is 289 g/mol. The van der Waals surface area contributed by atoms with Crippen LogP contribution in [0.2, 0.25) is 0 Å². The second kappa shape index (κ2) is 5.92. The van der Waals surface area contributed by atoms with E-state index in [-0.39, 0.29) is 11.5 Å². The molecule has 0 saturated carbocycles. The normalized spacial score (nSPS) is 10.5. The highest BCUT2D eigenvalue weighted by molar-refractivity contribution is 7.98. The number of nitro groups is 1. The molecule has 0 radical (unpaired) electrons. The summed E-state index contributed by atoms with van der Waals surface area (Å²) in [6, 6.07) is 9.38. The van der Waals surface area contributed by atoms with E-state index < -0.39 is 4.92 Å². The molecule has 1 aromatic carbocycles. The third-order valence-corrected chi connectivity index (χ3v) is 3.74. The number of nitrogen functional groups attached to an aromatic ring is 1. The van der Waals surface area contributed by atoms with Gasteiger partial charge in [0, 0.05) is 11.8 Å². The van der Waals surface area contributed by atoms with Crippen LogP contribution in [0, 0.1) is 24.0 Å². The maximum Gasteiger partial charge on any atom is 0.311 e. The van der Waals surface area contributed by atoms with Gasteiger partial charge in [-0.2, -0.15) is 0 Å². The van der Waals surface area contributed by atoms with Crippen molar-refractivity contribution >= 4 is 23.3 Å². The maximum atomic E-state index is 10.7. The standard InChI is InChI=1S/C14H15N3O2S/c1-9-5-10(2)7-11(6-9)8-20-13-4-3-12(17(18)19)14(15)16-13/h3-7H,8H2,1-2H3,(H2,15,16). The lowest BCUT2D eigenvalue weighted by molar-refractivity contribution is -0.384. The Kier molecular flexibility index (Phi) is 4.24. The SMILES string of the molecule is Cc1cc(C)cc(CSc2ccc([N+](=O)[O-])c(N)n2)c1. The van der Waals surface area contributed by atoms with Crippen molar-refractivity contribution in [2.45, 2.75) is 24.6 Å². The lowest BCUT2D eigenvalue weighted by Gasteiger charge is -2.05. The van der Waals surface area contributed by atoms with Crippen molar-refractivity contribution in [3.05, 3.63) is 57.1 Å². The largest absolute Gasteiger partial charge is 0.378 e. The molecule has 0 aliphatic heterocycles. The number of rotatable bonds is 4. The van der Waals surface area contributed by atoms with Gasteiger partial charge in [-0.25, -0.2) is 4.98 Å². The molecule has 2 N–H and O–H groups in total. The molecule has 0 saturated heterocycles. The number of hydrogen-bond donors (Lipinski definition) is 1. The second-order valence-corrected chi connectivity index (χ2v) is 5.59. The zero-order valence-electron chi connectivity index (χ0n) is 11.3. The minimum absolute atomic E-state index is 0.0413. The van der Waals surface area contributed by atoms with Gasteiger partial charge in [0.05, 0.1) is 9.95 Å². The fourth-order valence-corrected chi connectivity index (χ4v) is 2.80. The Hall–Kier alpha value is -2.08. The Morgan fingerprint density at radius 1 is 1.25 bits per heavy atom. The zero-order chi connectivity index (χ0) is 14.7. The van der Waals surface area contributed by atoms with E-state index in [0.29, 0.717) is 5.03 Å². The number of benzene rings is 1. The average molecular weight is 289 g/mol. The lowest BCUT2D eigenvalue weighted by Crippen LogP contribution is -1.99. The number of nitrogens with two attached hydrogens (primary N) is 1. The van der Waals surface area contributed by atoms with Gasteiger partial charge < -0.3 is 5.73 Å². The van der Waals surface area contributed by atoms with Crippen LogP contribution in [0.25, 0.3) is 0 Å². The van der Waals surface area contributed by atoms with Crippen LogP contribution in [-0.2, 0) is 5.75 Å². The number of nitrogens with zero attached hydrogens (tertiary/aromatic N) is 2. The Morgan fingerprint density at radius 2 is 1.90 bits per heavy atom. The van der Waals surface area contributed by atoms with E-state index in [1.54, 1.807) is 6.07 Å². The molecular formula is C14H15N3O2S. The third kappa shape index (κ3) is 3.48. The fourth-order valence-electron chi connectivity index (χ4n) is 1.99. The predicted octanol–water partition coefficient (Wildman–Crippen LogP) is 3.48. The number of aromatic nitrogens is 1. The van der Waals surface area contributed by atoms with Crippen LogP contribution in [0.3, 0.4) is 0 Å². The molecular weight excluding hydrogens is 274 g/mol. The molecule has 1 heterocycles. The van der Waals surface area contributed by atoms with E-state index in [9.17, 15) is 10.1 Å². The van der Waals surface area contributed by atoms with Crippen LogP contribution in [0.15, 0.2) is 35.4 Å². The molecule has 0 spiro atoms. The van der Waals surface area contributed by atoms with Gasteiger partial charge in [0.2, 0.25) is 5.82 Å². The fraction of sp³-hybridized carbons (Fsp3) is 0.214. The summed E-state index contributed by atoms with van der Waals surface area (Å²) in [7, 11) is 0. The van der Waals surface area contributed by atoms with Crippen LogP contribution in [-0.4, -0.2) is 9.91 Å². The van der Waals surface area contributed by atoms with Gasteiger partial charge in [0.1, 0.15) is 0 Å². The first kappa shape index (κ1) is 14.3. The first-order chi connectivity index (χ1) is 9.45. The minimum atomic E-state index is -0.527. The maximum absolute atomic E-state index is 10.7. The lowest BCUT2D eigenvalue weighted by atomic mass is 10.1. The molecule has 0 unspecified atom stereocenters. The van der Waals surface area contributed by atoms with Crippen molar-refractivity contribution in [1.29, 1.82) is 0 Å². The average Bonchev–Trinajstić information content (AvgIpc) is 2.35. The predicted molar refractivity (Wildman–Crippen MR) is 80.8 cm³/mol. The van der Waals surface area contributed by atoms with E-state index in [1.807, 2.05) is 0 Å². The molecule has 5 nitrogen and oxygen atoms in total. The van der Waals surface area contributed by atoms with Gasteiger partial charge in [-0.15, -0.1) is 11.8 Å². The van der Waals surface area contributed by atoms with Crippen LogP contribution in [0.4, 0.5) is 11.5 Å². The molecule has 6 heteroatoms. The molecule has 2 rings (SSSR count). The first-order valence-electron chi connectivity index (χ1n) is 6.06. The molecule has 104 valence electrons. The van der Waals surface area contributed by atoms with Gasteiger partial charge >= 0.3 is 5.69 Å². The summed E-state index contributed by atoms with van der Waals surface area (Å²) in [6.45, 7) is 4.12. The minimum Gasteiger partial charge on any atom is -0.378 e. The van der Waals surface area contributed by atoms with E-state index in [2.05, 4.69) is 37.0 Å². The molecule has 0 bridgehead atoms. The molecule has 0 atom stereocenters. The highest BCUT2D eigenvalue weighted by atomic mass is 32.2. The van der Waals surface area contributed by atoms with Crippen molar-refractivity contribution in [3.63, 3.8) is 0 Å². The molecule has 0 aliphatic rings. The number of anilines is 1. The van der Waals surface area contributed by atoms with Crippen LogP contribution >= 0.6 is 11.8 Å². The second-order valence-electron chi connectivity index (χ2n) is 4.60. The highest BCUT2D eigenvalue weighted by Crippen LogP contribution is 2.26. The summed E-state index contributed by atoms with van der Waals surface area (Å²) in [4.78, 5) is 14.2. The van der Waals surface area contributed by atoms with E-state index in [1.165, 1.54) is 34.5 Å². The van der Waals surface area contributed by atoms with E-state index in [4.69, 9.17) is 5.73 Å². The highest BCUT2D eigenvalue weighted by Gasteiger charge is 2.13. The summed E-state index contributed by atoms with van der Waals surface area (Å²) in [5.74, 6) is 0.715. The number of pyridine rings is 1. The summed E-state index contributed by atoms with van der Waals surface area (Å²) in [5.41, 5.74) is 9.06. The van der Waals surface area contributed by atoms with Crippen molar-refractivity contribution in [2.75, 3.05) is 5.73 Å². The van der Waals surface area contributed by atoms with Crippen molar-refractivity contribution in [2.24, 2.45) is 0 Å². The van der Waals surface area contributed by atoms with E-state index >= 15 is 0 Å². The number of hydrogen-bond acceptors (Lipinski definition) is 5. The Labute approximate surface area is 121 Å². The summed E-state index contributed by atoms with van der Waals surface area (Å²) >= 11 is 1.51. The summed E-state index contributed by atoms with van der Waals surface area (Å²) in [6.07, 6.45) is 0. The van der Waals surface area contributed by atoms with Crippen molar-refractivity contribution < 1.29 is 4.92 Å². The Bertz CT molecular complexity index is 639. The van der Waals surface area contributed by atoms with Crippen LogP contribution in [0.5, 0.6) is 0 Å². The van der Waals surface area contributed by atoms with Crippen molar-refractivity contribution in [3.8, 4) is 0 Å². The topological polar surface area (TPSA) is 82.0 Å². The van der Waals surface area contributed by atoms with Crippen LogP contribution < -0.4 is 5.73 Å². The quantitative estimate of drug-likeness (QED) is 0.529. The molecule has 2 aromatic rings. The molecule has 1 aromatic heterocycles. The Balaban J connectivity index is 2.11. The number of aryl methyl sites for hydroxylation is 2. The van der Waals surface area contributed by atoms with Gasteiger partial charge in [-0.1, -0.05) is 29.3 Å². The smallest absolute Gasteiger partial charge is 0.311 e. The summed E-state index contributed by atoms with van der Waals surface area (Å²) in [5, 5.41) is 11.4. The zero-order valence-corrected chi connectivity index (χ0v) is 12.1. The van der Waals surface area contributed by atoms with Gasteiger partial charge in [0.25, 0.3) is 0 Å². The van der Waals surface area contributed by atoms with Crippen LogP contribution in [0.1, 0.15) is 16.7 Å². The molecule has 0 amide bonds. The van der Waals surface area contributed by atoms with Gasteiger partial charge in [-0.05, 0) is 25.5 Å². The van der Waals surface area contributed by atoms with E-state index in [0.717, 1.165) is 5.75 Å². The summed E-state index contributed by atoms with van der Waals surface area (Å²) < 4.78 is 0. The van der Waals surface area contributed by atoms with Gasteiger partial charge in [0.15, 0.2) is 0 Å². The first-order valence-corrected chi connectivity index (χ1v) is 7.05. The number of thioether (sulfide) groups is 1. The molecule has 20 heavy (non-hydrogen) atoms. The molecule has 0 fully saturated rings. The van der Waals surface area contributed by atoms with Gasteiger partial charge in [-0.3, -0.25) is 10.1 Å². The Morgan fingerprint density at radius 3 is 2.45 bits per heavy atom.